The Morgan fingerprint density at radius 1 is 1.48 bits per heavy atom. The summed E-state index contributed by atoms with van der Waals surface area (Å²) in [6.07, 6.45) is 6.30. The van der Waals surface area contributed by atoms with Gasteiger partial charge < -0.3 is 20.5 Å². The van der Waals surface area contributed by atoms with E-state index in [-0.39, 0.29) is 12.8 Å². The van der Waals surface area contributed by atoms with Gasteiger partial charge in [-0.1, -0.05) is 37.3 Å². The predicted octanol–water partition coefficient (Wildman–Crippen LogP) is -0.0123. The SMILES string of the molecule is C#CC[C@]1(C(=O)[O-])CCN(C)C1=O.CCC([NH3+])c1ccccc1. The van der Waals surface area contributed by atoms with Gasteiger partial charge in [-0.05, 0) is 6.42 Å². The maximum atomic E-state index is 11.5. The van der Waals surface area contributed by atoms with E-state index in [2.05, 4.69) is 42.8 Å². The van der Waals surface area contributed by atoms with Crippen LogP contribution in [0.4, 0.5) is 0 Å². The highest BCUT2D eigenvalue weighted by atomic mass is 16.4. The number of aliphatic carboxylic acids is 1. The molecule has 23 heavy (non-hydrogen) atoms. The molecular formula is C18H24N2O3. The van der Waals surface area contributed by atoms with E-state index < -0.39 is 17.3 Å². The second kappa shape index (κ2) is 8.35. The topological polar surface area (TPSA) is 88.1 Å². The fraction of sp³-hybridized carbons (Fsp3) is 0.444. The van der Waals surface area contributed by atoms with Gasteiger partial charge in [0.25, 0.3) is 0 Å². The zero-order valence-electron chi connectivity index (χ0n) is 13.7. The van der Waals surface area contributed by atoms with Crippen molar-refractivity contribution in [2.75, 3.05) is 13.6 Å². The van der Waals surface area contributed by atoms with Gasteiger partial charge >= 0.3 is 0 Å². The summed E-state index contributed by atoms with van der Waals surface area (Å²) < 4.78 is 0. The molecule has 0 radical (unpaired) electrons. The minimum atomic E-state index is -1.47. The first-order valence-corrected chi connectivity index (χ1v) is 7.67. The summed E-state index contributed by atoms with van der Waals surface area (Å²) in [5, 5.41) is 10.8. The number of carbonyl (C=O) groups excluding carboxylic acids is 2. The number of likely N-dealkylation sites (tertiary alicyclic amines) is 1. The normalized spacial score (nSPS) is 21.1. The van der Waals surface area contributed by atoms with Gasteiger partial charge in [0.15, 0.2) is 0 Å². The van der Waals surface area contributed by atoms with Gasteiger partial charge in [0, 0.05) is 32.0 Å². The van der Waals surface area contributed by atoms with Crippen LogP contribution in [0.2, 0.25) is 0 Å². The van der Waals surface area contributed by atoms with Crippen molar-refractivity contribution in [3.05, 3.63) is 35.9 Å². The molecule has 1 saturated heterocycles. The first-order valence-electron chi connectivity index (χ1n) is 7.67. The monoisotopic (exact) mass is 316 g/mol. The second-order valence-corrected chi connectivity index (χ2v) is 5.74. The molecule has 1 aliphatic rings. The summed E-state index contributed by atoms with van der Waals surface area (Å²) in [4.78, 5) is 23.7. The van der Waals surface area contributed by atoms with Crippen molar-refractivity contribution < 1.29 is 20.4 Å². The molecule has 0 saturated carbocycles. The minimum Gasteiger partial charge on any atom is -0.549 e. The third kappa shape index (κ3) is 4.33. The van der Waals surface area contributed by atoms with E-state index in [1.54, 1.807) is 7.05 Å². The Balaban J connectivity index is 0.000000238. The summed E-state index contributed by atoms with van der Waals surface area (Å²) in [5.41, 5.74) is 3.90. The highest BCUT2D eigenvalue weighted by Gasteiger charge is 2.46. The van der Waals surface area contributed by atoms with Gasteiger partial charge in [0.1, 0.15) is 11.5 Å². The van der Waals surface area contributed by atoms with Gasteiger partial charge in [0.2, 0.25) is 5.91 Å². The number of benzene rings is 1. The predicted molar refractivity (Wildman–Crippen MR) is 85.5 cm³/mol. The number of carbonyl (C=O) groups is 2. The molecule has 5 nitrogen and oxygen atoms in total. The quantitative estimate of drug-likeness (QED) is 0.626. The van der Waals surface area contributed by atoms with Gasteiger partial charge in [-0.15, -0.1) is 12.3 Å². The number of carboxylic acids is 1. The van der Waals surface area contributed by atoms with Crippen LogP contribution < -0.4 is 10.8 Å². The van der Waals surface area contributed by atoms with Crippen LogP contribution in [-0.2, 0) is 9.59 Å². The maximum absolute atomic E-state index is 11.5. The maximum Gasteiger partial charge on any atom is 0.235 e. The van der Waals surface area contributed by atoms with Crippen molar-refractivity contribution in [1.29, 1.82) is 0 Å². The van der Waals surface area contributed by atoms with Crippen LogP contribution in [0, 0.1) is 17.8 Å². The van der Waals surface area contributed by atoms with E-state index in [9.17, 15) is 14.7 Å². The molecule has 0 bridgehead atoms. The third-order valence-electron chi connectivity index (χ3n) is 4.19. The van der Waals surface area contributed by atoms with E-state index in [1.807, 2.05) is 6.07 Å². The average Bonchev–Trinajstić information content (AvgIpc) is 2.85. The number of terminal acetylenes is 1. The van der Waals surface area contributed by atoms with Crippen LogP contribution in [-0.4, -0.2) is 30.4 Å². The standard InChI is InChI=1S/C9H11NO3.C9H13N/c1-3-4-9(8(12)13)5-6-10(2)7(9)11;1-2-9(10)8-6-4-3-5-7-8/h1H,4-6H2,2H3,(H,12,13);3-7,9H,2,10H2,1H3/t9-;/m0./s1. The molecule has 0 aliphatic carbocycles. The Labute approximate surface area is 137 Å². The Morgan fingerprint density at radius 3 is 2.48 bits per heavy atom. The van der Waals surface area contributed by atoms with Crippen LogP contribution in [0.3, 0.4) is 0 Å². The Hall–Kier alpha value is -2.32. The van der Waals surface area contributed by atoms with Crippen molar-refractivity contribution in [3.63, 3.8) is 0 Å². The molecule has 1 heterocycles. The molecule has 1 amide bonds. The number of quaternary nitrogens is 1. The number of amides is 1. The lowest BCUT2D eigenvalue weighted by molar-refractivity contribution is -0.427. The molecular weight excluding hydrogens is 292 g/mol. The smallest absolute Gasteiger partial charge is 0.235 e. The van der Waals surface area contributed by atoms with Crippen LogP contribution in [0.25, 0.3) is 0 Å². The average molecular weight is 316 g/mol. The zero-order chi connectivity index (χ0) is 17.5. The molecule has 1 aliphatic heterocycles. The van der Waals surface area contributed by atoms with Crippen LogP contribution >= 0.6 is 0 Å². The fourth-order valence-corrected chi connectivity index (χ4v) is 2.49. The van der Waals surface area contributed by atoms with Gasteiger partial charge in [-0.2, -0.15) is 0 Å². The summed E-state index contributed by atoms with van der Waals surface area (Å²) in [7, 11) is 1.56. The van der Waals surface area contributed by atoms with Crippen LogP contribution in [0.1, 0.15) is 37.8 Å². The number of hydrogen-bond donors (Lipinski definition) is 1. The van der Waals surface area contributed by atoms with E-state index in [0.717, 1.165) is 6.42 Å². The Bertz CT molecular complexity index is 580. The molecule has 0 aromatic heterocycles. The molecule has 1 unspecified atom stereocenters. The molecule has 5 heteroatoms. The highest BCUT2D eigenvalue weighted by molar-refractivity contribution is 6.02. The number of hydrogen-bond acceptors (Lipinski definition) is 3. The molecule has 1 aromatic carbocycles. The zero-order valence-corrected chi connectivity index (χ0v) is 13.7. The highest BCUT2D eigenvalue weighted by Crippen LogP contribution is 2.33. The molecule has 2 atom stereocenters. The Kier molecular flexibility index (Phi) is 6.80. The first kappa shape index (κ1) is 18.7. The molecule has 1 fully saturated rings. The summed E-state index contributed by atoms with van der Waals surface area (Å²) in [5.74, 6) is 0.414. The van der Waals surface area contributed by atoms with Crippen LogP contribution in [0.15, 0.2) is 30.3 Å². The van der Waals surface area contributed by atoms with Gasteiger partial charge in [0.05, 0.1) is 5.97 Å². The summed E-state index contributed by atoms with van der Waals surface area (Å²) >= 11 is 0. The van der Waals surface area contributed by atoms with E-state index in [1.165, 1.54) is 10.5 Å². The molecule has 1 aromatic rings. The summed E-state index contributed by atoms with van der Waals surface area (Å²) in [6, 6.07) is 10.9. The van der Waals surface area contributed by atoms with Crippen molar-refractivity contribution in [2.45, 2.75) is 32.2 Å². The van der Waals surface area contributed by atoms with Crippen LogP contribution in [0.5, 0.6) is 0 Å². The molecule has 0 spiro atoms. The van der Waals surface area contributed by atoms with Crippen molar-refractivity contribution >= 4 is 11.9 Å². The van der Waals surface area contributed by atoms with E-state index >= 15 is 0 Å². The van der Waals surface area contributed by atoms with Gasteiger partial charge in [-0.25, -0.2) is 0 Å². The summed E-state index contributed by atoms with van der Waals surface area (Å²) in [6.45, 7) is 2.58. The first-order chi connectivity index (χ1) is 10.9. The molecule has 2 rings (SSSR count). The number of nitrogens with zero attached hydrogens (tertiary/aromatic N) is 1. The Morgan fingerprint density at radius 2 is 2.09 bits per heavy atom. The second-order valence-electron chi connectivity index (χ2n) is 5.74. The van der Waals surface area contributed by atoms with E-state index in [4.69, 9.17) is 6.42 Å². The number of rotatable bonds is 4. The van der Waals surface area contributed by atoms with Crippen molar-refractivity contribution in [2.24, 2.45) is 5.41 Å². The van der Waals surface area contributed by atoms with Crippen molar-refractivity contribution in [3.8, 4) is 12.3 Å². The molecule has 3 N–H and O–H groups in total. The van der Waals surface area contributed by atoms with E-state index in [0.29, 0.717) is 12.6 Å². The fourth-order valence-electron chi connectivity index (χ4n) is 2.49. The minimum absolute atomic E-state index is 0.0848. The number of carboxylic acid groups (broad SMARTS) is 1. The van der Waals surface area contributed by atoms with Crippen molar-refractivity contribution in [1.82, 2.24) is 4.90 Å². The lowest BCUT2D eigenvalue weighted by Crippen LogP contribution is -2.53. The lowest BCUT2D eigenvalue weighted by atomic mass is 9.83. The molecule has 124 valence electrons. The van der Waals surface area contributed by atoms with Gasteiger partial charge in [-0.3, -0.25) is 4.79 Å². The third-order valence-corrected chi connectivity index (χ3v) is 4.19. The largest absolute Gasteiger partial charge is 0.549 e. The lowest BCUT2D eigenvalue weighted by Gasteiger charge is -2.25.